The molecule has 0 rings (SSSR count). The number of unbranched alkanes of at least 4 members (excludes halogenated alkanes) is 36. The topological polar surface area (TPSA) is 105 Å². The predicted octanol–water partition coefficient (Wildman–Crippen LogP) is 18.2. The molecule has 0 spiro atoms. The first kappa shape index (κ1) is 67.7. The van der Waals surface area contributed by atoms with Crippen LogP contribution in [0.25, 0.3) is 0 Å². The Balaban J connectivity index is 3.99. The van der Waals surface area contributed by atoms with E-state index in [2.05, 4.69) is 55.6 Å². The third-order valence-electron chi connectivity index (χ3n) is 13.6. The van der Waals surface area contributed by atoms with Crippen LogP contribution in [0, 0.1) is 0 Å². The zero-order chi connectivity index (χ0) is 50.6. The van der Waals surface area contributed by atoms with Crippen molar-refractivity contribution >= 4 is 13.7 Å². The van der Waals surface area contributed by atoms with Crippen LogP contribution in [0.3, 0.4) is 0 Å². The molecule has 3 atom stereocenters. The number of nitrogens with one attached hydrogen (secondary N) is 1. The molecule has 0 aromatic carbocycles. The molecule has 9 heteroatoms. The van der Waals surface area contributed by atoms with E-state index >= 15 is 0 Å². The van der Waals surface area contributed by atoms with Crippen LogP contribution >= 0.6 is 7.82 Å². The maximum absolute atomic E-state index is 13.0. The summed E-state index contributed by atoms with van der Waals surface area (Å²) in [7, 11) is 1.63. The number of carbonyl (C=O) groups is 1. The Morgan fingerprint density at radius 3 is 1.20 bits per heavy atom. The number of nitrogens with zero attached hydrogens (tertiary/aromatic N) is 1. The molecule has 0 heterocycles. The number of phosphoric acid groups is 1. The van der Waals surface area contributed by atoms with Gasteiger partial charge in [-0.25, -0.2) is 4.57 Å². The van der Waals surface area contributed by atoms with Crippen LogP contribution in [-0.2, 0) is 18.4 Å². The van der Waals surface area contributed by atoms with Gasteiger partial charge in [0.2, 0.25) is 5.91 Å². The number of allylic oxidation sites excluding steroid dienone is 6. The Morgan fingerprint density at radius 1 is 0.493 bits per heavy atom. The smallest absolute Gasteiger partial charge is 0.391 e. The third-order valence-corrected chi connectivity index (χ3v) is 14.6. The summed E-state index contributed by atoms with van der Waals surface area (Å²) in [5, 5.41) is 14.0. The van der Waals surface area contributed by atoms with Crippen molar-refractivity contribution in [1.82, 2.24) is 5.32 Å². The first-order chi connectivity index (χ1) is 33.5. The second-order valence-electron chi connectivity index (χ2n) is 21.7. The molecule has 3 N–H and O–H groups in total. The molecule has 0 bridgehead atoms. The lowest BCUT2D eigenvalue weighted by Crippen LogP contribution is -2.46. The molecule has 0 radical (unpaired) electrons. The van der Waals surface area contributed by atoms with Crippen LogP contribution < -0.4 is 5.32 Å². The molecule has 0 saturated carbocycles. The fraction of sp³-hybridized carbons (Fsp3) is 0.883. The Bertz CT molecular complexity index is 1220. The van der Waals surface area contributed by atoms with E-state index in [0.717, 1.165) is 51.4 Å². The maximum atomic E-state index is 13.0. The highest BCUT2D eigenvalue weighted by Gasteiger charge is 2.28. The van der Waals surface area contributed by atoms with Gasteiger partial charge < -0.3 is 19.8 Å². The van der Waals surface area contributed by atoms with Crippen molar-refractivity contribution in [2.75, 3.05) is 40.9 Å². The minimum absolute atomic E-state index is 0.0761. The van der Waals surface area contributed by atoms with Crippen LogP contribution in [0.2, 0.25) is 0 Å². The van der Waals surface area contributed by atoms with E-state index in [9.17, 15) is 19.4 Å². The van der Waals surface area contributed by atoms with Gasteiger partial charge >= 0.3 is 7.82 Å². The SMILES string of the molecule is CCCCCCC/C=C\C/C=C\C/C=C\CCCCCCCCCCCCCCCCCCCCC(=O)NC(COP(=O)(O)OCC[N+](C)(C)C)C(O)CCCCCCCCCCCCCCCC. The number of phosphoric ester groups is 1. The molecule has 8 nitrogen and oxygen atoms in total. The standard InChI is InChI=1S/C60H117N2O6P/c1-6-8-10-12-14-16-18-20-22-23-24-25-26-27-28-29-30-31-32-33-34-35-36-37-38-39-40-42-44-46-48-50-52-54-60(64)61-58(57-68-69(65,66)67-56-55-62(3,4)5)59(63)53-51-49-47-45-43-41-21-19-17-15-13-11-9-7-2/h18,20,23-24,26-27,58-59,63H,6-17,19,21-22,25,28-57H2,1-5H3,(H-,61,64,65,66)/p+1/b20-18-,24-23-,27-26-. The van der Waals surface area contributed by atoms with Gasteiger partial charge in [0, 0.05) is 6.42 Å². The average Bonchev–Trinajstić information content (AvgIpc) is 3.31. The summed E-state index contributed by atoms with van der Waals surface area (Å²) in [4.78, 5) is 23.3. The van der Waals surface area contributed by atoms with Gasteiger partial charge in [0.05, 0.1) is 39.9 Å². The summed E-state index contributed by atoms with van der Waals surface area (Å²) in [6, 6.07) is -0.759. The summed E-state index contributed by atoms with van der Waals surface area (Å²) in [6.07, 6.45) is 66.4. The largest absolute Gasteiger partial charge is 0.472 e. The second kappa shape index (κ2) is 51.6. The highest BCUT2D eigenvalue weighted by Crippen LogP contribution is 2.43. The van der Waals surface area contributed by atoms with Crippen LogP contribution in [0.4, 0.5) is 0 Å². The first-order valence-electron chi connectivity index (χ1n) is 29.9. The van der Waals surface area contributed by atoms with Gasteiger partial charge in [0.15, 0.2) is 0 Å². The minimum Gasteiger partial charge on any atom is -0.391 e. The van der Waals surface area contributed by atoms with Gasteiger partial charge in [-0.3, -0.25) is 13.8 Å². The molecule has 0 aliphatic carbocycles. The van der Waals surface area contributed by atoms with Crippen molar-refractivity contribution in [3.05, 3.63) is 36.5 Å². The van der Waals surface area contributed by atoms with Gasteiger partial charge in [-0.2, -0.15) is 0 Å². The summed E-state index contributed by atoms with van der Waals surface area (Å²) in [5.41, 5.74) is 0. The van der Waals surface area contributed by atoms with Gasteiger partial charge in [-0.15, -0.1) is 0 Å². The number of carbonyl (C=O) groups excluding carboxylic acids is 1. The van der Waals surface area contributed by atoms with Gasteiger partial charge in [0.25, 0.3) is 0 Å². The highest BCUT2D eigenvalue weighted by atomic mass is 31.2. The van der Waals surface area contributed by atoms with Crippen molar-refractivity contribution in [2.45, 2.75) is 302 Å². The molecule has 3 unspecified atom stereocenters. The number of quaternary nitrogens is 1. The molecular weight excluding hydrogens is 876 g/mol. The first-order valence-corrected chi connectivity index (χ1v) is 31.3. The molecular formula is C60H118N2O6P+. The van der Waals surface area contributed by atoms with Crippen molar-refractivity contribution in [3.8, 4) is 0 Å². The van der Waals surface area contributed by atoms with Gasteiger partial charge in [-0.1, -0.05) is 269 Å². The number of hydrogen-bond donors (Lipinski definition) is 3. The second-order valence-corrected chi connectivity index (χ2v) is 23.2. The van der Waals surface area contributed by atoms with Crippen molar-refractivity contribution in [2.24, 2.45) is 0 Å². The zero-order valence-corrected chi connectivity index (χ0v) is 47.5. The summed E-state index contributed by atoms with van der Waals surface area (Å²) >= 11 is 0. The summed E-state index contributed by atoms with van der Waals surface area (Å²) in [6.45, 7) is 4.90. The van der Waals surface area contributed by atoms with E-state index in [-0.39, 0.29) is 19.1 Å². The fourth-order valence-corrected chi connectivity index (χ4v) is 9.67. The molecule has 0 saturated heterocycles. The molecule has 408 valence electrons. The van der Waals surface area contributed by atoms with E-state index in [4.69, 9.17) is 9.05 Å². The lowest BCUT2D eigenvalue weighted by Gasteiger charge is -2.26. The van der Waals surface area contributed by atoms with Crippen LogP contribution in [0.15, 0.2) is 36.5 Å². The summed E-state index contributed by atoms with van der Waals surface area (Å²) < 4.78 is 23.8. The normalized spacial score (nSPS) is 14.1. The number of aliphatic hydroxyl groups is 1. The fourth-order valence-electron chi connectivity index (χ4n) is 8.94. The van der Waals surface area contributed by atoms with Gasteiger partial charge in [0.1, 0.15) is 13.2 Å². The average molecular weight is 995 g/mol. The van der Waals surface area contributed by atoms with Crippen molar-refractivity contribution in [1.29, 1.82) is 0 Å². The number of rotatable bonds is 55. The molecule has 0 aromatic rings. The predicted molar refractivity (Wildman–Crippen MR) is 300 cm³/mol. The maximum Gasteiger partial charge on any atom is 0.472 e. The van der Waals surface area contributed by atoms with Crippen molar-refractivity contribution < 1.29 is 32.9 Å². The molecule has 69 heavy (non-hydrogen) atoms. The quantitative estimate of drug-likeness (QED) is 0.0243. The lowest BCUT2D eigenvalue weighted by molar-refractivity contribution is -0.870. The molecule has 1 amide bonds. The number of hydrogen-bond acceptors (Lipinski definition) is 5. The summed E-state index contributed by atoms with van der Waals surface area (Å²) in [5.74, 6) is -0.141. The monoisotopic (exact) mass is 994 g/mol. The van der Waals surface area contributed by atoms with E-state index in [0.29, 0.717) is 23.9 Å². The lowest BCUT2D eigenvalue weighted by atomic mass is 10.0. The Kier molecular flexibility index (Phi) is 50.7. The molecule has 0 aromatic heterocycles. The Labute approximate surface area is 429 Å². The van der Waals surface area contributed by atoms with Crippen LogP contribution in [-0.4, -0.2) is 73.4 Å². The van der Waals surface area contributed by atoms with E-state index in [1.54, 1.807) is 0 Å². The molecule has 0 fully saturated rings. The molecule has 0 aliphatic rings. The molecule has 0 aliphatic heterocycles. The highest BCUT2D eigenvalue weighted by molar-refractivity contribution is 7.47. The van der Waals surface area contributed by atoms with Gasteiger partial charge in [-0.05, 0) is 51.4 Å². The van der Waals surface area contributed by atoms with Crippen molar-refractivity contribution in [3.63, 3.8) is 0 Å². The van der Waals surface area contributed by atoms with E-state index in [1.165, 1.54) is 212 Å². The number of amides is 1. The van der Waals surface area contributed by atoms with Crippen LogP contribution in [0.5, 0.6) is 0 Å². The number of likely N-dealkylation sites (N-methyl/N-ethyl adjacent to an activating group) is 1. The third kappa shape index (κ3) is 54.3. The van der Waals surface area contributed by atoms with E-state index in [1.807, 2.05) is 21.1 Å². The zero-order valence-electron chi connectivity index (χ0n) is 46.6. The van der Waals surface area contributed by atoms with Crippen LogP contribution in [0.1, 0.15) is 290 Å². The van der Waals surface area contributed by atoms with E-state index < -0.39 is 20.0 Å². The Morgan fingerprint density at radius 2 is 0.826 bits per heavy atom. The minimum atomic E-state index is -4.32. The Hall–Kier alpha value is -1.28. The number of aliphatic hydroxyl groups excluding tert-OH is 1.